The van der Waals surface area contributed by atoms with Gasteiger partial charge in [-0.2, -0.15) is 0 Å². The van der Waals surface area contributed by atoms with Crippen LogP contribution in [0, 0.1) is 0 Å². The van der Waals surface area contributed by atoms with Crippen LogP contribution in [-0.2, 0) is 6.54 Å². The molecule has 3 heteroatoms. The van der Waals surface area contributed by atoms with Gasteiger partial charge < -0.3 is 4.98 Å². The number of para-hydroxylation sites is 1. The highest BCUT2D eigenvalue weighted by molar-refractivity contribution is 6.30. The number of piperidine rings is 1. The number of hydrogen-bond donors (Lipinski definition) is 1. The first kappa shape index (κ1) is 18.5. The zero-order valence-electron chi connectivity index (χ0n) is 16.4. The zero-order chi connectivity index (χ0) is 19.6. The van der Waals surface area contributed by atoms with Crippen molar-refractivity contribution in [1.82, 2.24) is 9.88 Å². The molecule has 0 aliphatic carbocycles. The number of benzene rings is 3. The molecule has 1 aliphatic rings. The third-order valence-corrected chi connectivity index (χ3v) is 6.40. The summed E-state index contributed by atoms with van der Waals surface area (Å²) in [5.41, 5.74) is 6.52. The van der Waals surface area contributed by atoms with Crippen molar-refractivity contribution >= 4 is 22.5 Å². The maximum Gasteiger partial charge on any atom is 0.0510 e. The molecule has 0 amide bonds. The van der Waals surface area contributed by atoms with Crippen molar-refractivity contribution in [2.75, 3.05) is 13.1 Å². The number of rotatable bonds is 4. The van der Waals surface area contributed by atoms with Gasteiger partial charge in [-0.3, -0.25) is 4.90 Å². The van der Waals surface area contributed by atoms with Gasteiger partial charge in [0.15, 0.2) is 0 Å². The molecule has 2 nitrogen and oxygen atoms in total. The van der Waals surface area contributed by atoms with E-state index in [1.165, 1.54) is 46.1 Å². The van der Waals surface area contributed by atoms with Crippen molar-refractivity contribution in [1.29, 1.82) is 0 Å². The van der Waals surface area contributed by atoms with Gasteiger partial charge in [0.1, 0.15) is 0 Å². The molecular formula is C26H25ClN2. The Labute approximate surface area is 177 Å². The summed E-state index contributed by atoms with van der Waals surface area (Å²) in [6.45, 7) is 3.21. The van der Waals surface area contributed by atoms with Gasteiger partial charge in [-0.25, -0.2) is 0 Å². The lowest BCUT2D eigenvalue weighted by Gasteiger charge is -2.32. The summed E-state index contributed by atoms with van der Waals surface area (Å²) in [5.74, 6) is 0.613. The van der Waals surface area contributed by atoms with Crippen LogP contribution in [0.2, 0.25) is 5.02 Å². The molecule has 0 radical (unpaired) electrons. The number of fused-ring (bicyclic) bond motifs is 1. The van der Waals surface area contributed by atoms with E-state index in [4.69, 9.17) is 11.6 Å². The maximum atomic E-state index is 6.20. The average Bonchev–Trinajstić information content (AvgIpc) is 3.13. The van der Waals surface area contributed by atoms with Gasteiger partial charge in [0.25, 0.3) is 0 Å². The molecule has 0 bridgehead atoms. The van der Waals surface area contributed by atoms with Crippen LogP contribution < -0.4 is 0 Å². The molecule has 3 aromatic carbocycles. The summed E-state index contributed by atoms with van der Waals surface area (Å²) < 4.78 is 0. The second kappa shape index (κ2) is 8.06. The first-order valence-corrected chi connectivity index (χ1v) is 10.8. The van der Waals surface area contributed by atoms with Gasteiger partial charge in [-0.15, -0.1) is 0 Å². The Morgan fingerprint density at radius 2 is 1.62 bits per heavy atom. The number of halogens is 1. The van der Waals surface area contributed by atoms with Crippen LogP contribution in [0.4, 0.5) is 0 Å². The third-order valence-electron chi connectivity index (χ3n) is 6.17. The predicted molar refractivity (Wildman–Crippen MR) is 122 cm³/mol. The van der Waals surface area contributed by atoms with Gasteiger partial charge in [-0.1, -0.05) is 72.3 Å². The van der Waals surface area contributed by atoms with Crippen LogP contribution in [0.15, 0.2) is 78.9 Å². The van der Waals surface area contributed by atoms with Gasteiger partial charge >= 0.3 is 0 Å². The summed E-state index contributed by atoms with van der Waals surface area (Å²) in [6.07, 6.45) is 2.37. The Morgan fingerprint density at radius 1 is 0.862 bits per heavy atom. The average molecular weight is 401 g/mol. The van der Waals surface area contributed by atoms with E-state index in [1.54, 1.807) is 0 Å². The minimum absolute atomic E-state index is 0.613. The van der Waals surface area contributed by atoms with E-state index >= 15 is 0 Å². The van der Waals surface area contributed by atoms with E-state index in [1.807, 2.05) is 6.07 Å². The van der Waals surface area contributed by atoms with E-state index in [9.17, 15) is 0 Å². The third kappa shape index (κ3) is 3.83. The number of nitrogens with zero attached hydrogens (tertiary/aromatic N) is 1. The molecule has 1 aliphatic heterocycles. The quantitative estimate of drug-likeness (QED) is 0.396. The Balaban J connectivity index is 1.38. The molecule has 29 heavy (non-hydrogen) atoms. The summed E-state index contributed by atoms with van der Waals surface area (Å²) in [5, 5.41) is 2.18. The van der Waals surface area contributed by atoms with Crippen LogP contribution in [0.5, 0.6) is 0 Å². The lowest BCUT2D eigenvalue weighted by Crippen LogP contribution is -2.32. The Hall–Kier alpha value is -2.55. The monoisotopic (exact) mass is 400 g/mol. The molecule has 0 spiro atoms. The van der Waals surface area contributed by atoms with E-state index < -0.39 is 0 Å². The van der Waals surface area contributed by atoms with E-state index in [0.717, 1.165) is 24.7 Å². The smallest absolute Gasteiger partial charge is 0.0510 e. The van der Waals surface area contributed by atoms with E-state index in [-0.39, 0.29) is 0 Å². The number of nitrogens with one attached hydrogen (secondary N) is 1. The first-order chi connectivity index (χ1) is 14.3. The SMILES string of the molecule is Clc1cccc(C2CCN(Cc3c(-c4ccccc4)[nH]c4ccccc34)CC2)c1. The number of H-pyrrole nitrogens is 1. The first-order valence-electron chi connectivity index (χ1n) is 10.4. The highest BCUT2D eigenvalue weighted by Gasteiger charge is 2.23. The molecule has 146 valence electrons. The summed E-state index contributed by atoms with van der Waals surface area (Å²) in [4.78, 5) is 6.27. The van der Waals surface area contributed by atoms with E-state index in [2.05, 4.69) is 82.7 Å². The molecule has 2 heterocycles. The minimum atomic E-state index is 0.613. The molecule has 0 atom stereocenters. The Bertz CT molecular complexity index is 1110. The van der Waals surface area contributed by atoms with Crippen molar-refractivity contribution < 1.29 is 0 Å². The number of likely N-dealkylation sites (tertiary alicyclic amines) is 1. The fraction of sp³-hybridized carbons (Fsp3) is 0.231. The molecule has 0 saturated carbocycles. The Morgan fingerprint density at radius 3 is 2.41 bits per heavy atom. The van der Waals surface area contributed by atoms with Crippen molar-refractivity contribution in [2.24, 2.45) is 0 Å². The van der Waals surface area contributed by atoms with Gasteiger partial charge in [0, 0.05) is 22.5 Å². The molecule has 1 aromatic heterocycles. The van der Waals surface area contributed by atoms with Crippen LogP contribution in [0.1, 0.15) is 29.9 Å². The van der Waals surface area contributed by atoms with Crippen molar-refractivity contribution in [3.63, 3.8) is 0 Å². The molecular weight excluding hydrogens is 376 g/mol. The summed E-state index contributed by atoms with van der Waals surface area (Å²) in [7, 11) is 0. The molecule has 4 aromatic rings. The predicted octanol–water partition coefficient (Wildman–Crippen LogP) is 6.87. The van der Waals surface area contributed by atoms with Crippen LogP contribution >= 0.6 is 11.6 Å². The van der Waals surface area contributed by atoms with Gasteiger partial charge in [0.05, 0.1) is 5.69 Å². The second-order valence-corrected chi connectivity index (χ2v) is 8.43. The molecule has 5 rings (SSSR count). The zero-order valence-corrected chi connectivity index (χ0v) is 17.2. The molecule has 1 fully saturated rings. The van der Waals surface area contributed by atoms with Crippen molar-refractivity contribution in [2.45, 2.75) is 25.3 Å². The van der Waals surface area contributed by atoms with Gasteiger partial charge in [0.2, 0.25) is 0 Å². The number of aromatic amines is 1. The highest BCUT2D eigenvalue weighted by Crippen LogP contribution is 2.34. The largest absolute Gasteiger partial charge is 0.354 e. The van der Waals surface area contributed by atoms with Crippen molar-refractivity contribution in [3.8, 4) is 11.3 Å². The normalized spacial score (nSPS) is 15.8. The van der Waals surface area contributed by atoms with Gasteiger partial charge in [-0.05, 0) is 66.7 Å². The molecule has 1 saturated heterocycles. The van der Waals surface area contributed by atoms with Crippen LogP contribution in [0.3, 0.4) is 0 Å². The number of aromatic nitrogens is 1. The van der Waals surface area contributed by atoms with Crippen LogP contribution in [0.25, 0.3) is 22.2 Å². The summed E-state index contributed by atoms with van der Waals surface area (Å²) in [6, 6.07) is 27.7. The maximum absolute atomic E-state index is 6.20. The topological polar surface area (TPSA) is 19.0 Å². The molecule has 1 N–H and O–H groups in total. The Kier molecular flexibility index (Phi) is 5.13. The lowest BCUT2D eigenvalue weighted by atomic mass is 9.89. The fourth-order valence-corrected chi connectivity index (χ4v) is 4.82. The fourth-order valence-electron chi connectivity index (χ4n) is 4.62. The second-order valence-electron chi connectivity index (χ2n) is 8.00. The minimum Gasteiger partial charge on any atom is -0.354 e. The highest BCUT2D eigenvalue weighted by atomic mass is 35.5. The summed E-state index contributed by atoms with van der Waals surface area (Å²) >= 11 is 6.20. The van der Waals surface area contributed by atoms with Crippen LogP contribution in [-0.4, -0.2) is 23.0 Å². The van der Waals surface area contributed by atoms with E-state index in [0.29, 0.717) is 5.92 Å². The van der Waals surface area contributed by atoms with Crippen molar-refractivity contribution in [3.05, 3.63) is 95.0 Å². The number of hydrogen-bond acceptors (Lipinski definition) is 1. The standard InChI is InChI=1S/C26H25ClN2/c27-22-10-6-9-21(17-22)19-13-15-29(16-14-19)18-24-23-11-4-5-12-25(23)28-26(24)20-7-2-1-3-8-20/h1-12,17,19,28H,13-16,18H2. The molecule has 0 unspecified atom stereocenters. The lowest BCUT2D eigenvalue weighted by molar-refractivity contribution is 0.205.